The largest absolute Gasteiger partial charge is 0.480 e. The molecule has 0 saturated heterocycles. The minimum atomic E-state index is -0.722. The monoisotopic (exact) mass is 248 g/mol. The quantitative estimate of drug-likeness (QED) is 0.757. The van der Waals surface area contributed by atoms with Gasteiger partial charge in [-0.2, -0.15) is 0 Å². The van der Waals surface area contributed by atoms with Gasteiger partial charge in [0.25, 0.3) is 0 Å². The fourth-order valence-corrected chi connectivity index (χ4v) is 2.28. The molecule has 4 heteroatoms. The van der Waals surface area contributed by atoms with E-state index in [-0.39, 0.29) is 6.04 Å². The minimum Gasteiger partial charge on any atom is -0.480 e. The van der Waals surface area contributed by atoms with Crippen molar-refractivity contribution in [3.63, 3.8) is 0 Å². The van der Waals surface area contributed by atoms with Gasteiger partial charge in [-0.15, -0.1) is 0 Å². The SMILES string of the molecule is CCC(C(=O)O)N(Cc1ccc(N)cc1)C1CC1. The summed E-state index contributed by atoms with van der Waals surface area (Å²) in [6, 6.07) is 7.72. The number of rotatable bonds is 6. The van der Waals surface area contributed by atoms with Gasteiger partial charge in [-0.05, 0) is 37.0 Å². The topological polar surface area (TPSA) is 66.6 Å². The molecule has 0 bridgehead atoms. The molecule has 98 valence electrons. The van der Waals surface area contributed by atoms with Gasteiger partial charge in [0.15, 0.2) is 0 Å². The van der Waals surface area contributed by atoms with Crippen LogP contribution in [0.1, 0.15) is 31.7 Å². The molecule has 0 heterocycles. The van der Waals surface area contributed by atoms with Crippen molar-refractivity contribution in [2.45, 2.75) is 44.8 Å². The smallest absolute Gasteiger partial charge is 0.320 e. The van der Waals surface area contributed by atoms with Gasteiger partial charge in [0.2, 0.25) is 0 Å². The molecule has 0 radical (unpaired) electrons. The zero-order valence-corrected chi connectivity index (χ0v) is 10.7. The van der Waals surface area contributed by atoms with Gasteiger partial charge in [-0.1, -0.05) is 19.1 Å². The summed E-state index contributed by atoms with van der Waals surface area (Å²) in [7, 11) is 0. The first-order valence-electron chi connectivity index (χ1n) is 6.44. The van der Waals surface area contributed by atoms with Crippen molar-refractivity contribution in [2.75, 3.05) is 5.73 Å². The Morgan fingerprint density at radius 1 is 1.44 bits per heavy atom. The molecule has 1 saturated carbocycles. The molecule has 2 rings (SSSR count). The molecule has 1 aromatic carbocycles. The second-order valence-electron chi connectivity index (χ2n) is 4.91. The van der Waals surface area contributed by atoms with Gasteiger partial charge >= 0.3 is 5.97 Å². The highest BCUT2D eigenvalue weighted by Crippen LogP contribution is 2.31. The van der Waals surface area contributed by atoms with Crippen LogP contribution in [0.5, 0.6) is 0 Å². The van der Waals surface area contributed by atoms with E-state index < -0.39 is 5.97 Å². The lowest BCUT2D eigenvalue weighted by molar-refractivity contribution is -0.144. The summed E-state index contributed by atoms with van der Waals surface area (Å²) in [5.41, 5.74) is 7.52. The standard InChI is InChI=1S/C14H20N2O2/c1-2-13(14(17)18)16(12-7-8-12)9-10-3-5-11(15)6-4-10/h3-6,12-13H,2,7-9,15H2,1H3,(H,17,18). The Hall–Kier alpha value is -1.55. The summed E-state index contributed by atoms with van der Waals surface area (Å²) >= 11 is 0. The van der Waals surface area contributed by atoms with Crippen molar-refractivity contribution in [3.05, 3.63) is 29.8 Å². The number of nitrogen functional groups attached to an aromatic ring is 1. The molecule has 1 fully saturated rings. The van der Waals surface area contributed by atoms with Crippen molar-refractivity contribution < 1.29 is 9.90 Å². The van der Waals surface area contributed by atoms with Crippen molar-refractivity contribution in [3.8, 4) is 0 Å². The van der Waals surface area contributed by atoms with E-state index in [0.29, 0.717) is 19.0 Å². The predicted octanol–water partition coefficient (Wildman–Crippen LogP) is 2.10. The number of nitrogens with two attached hydrogens (primary N) is 1. The summed E-state index contributed by atoms with van der Waals surface area (Å²) in [5.74, 6) is -0.722. The lowest BCUT2D eigenvalue weighted by Crippen LogP contribution is -2.41. The van der Waals surface area contributed by atoms with Crippen LogP contribution < -0.4 is 5.73 Å². The Morgan fingerprint density at radius 3 is 2.50 bits per heavy atom. The van der Waals surface area contributed by atoms with Crippen LogP contribution in [0.4, 0.5) is 5.69 Å². The van der Waals surface area contributed by atoms with Crippen LogP contribution in [0.2, 0.25) is 0 Å². The van der Waals surface area contributed by atoms with Gasteiger partial charge in [-0.3, -0.25) is 9.69 Å². The molecular weight excluding hydrogens is 228 g/mol. The number of carboxylic acid groups (broad SMARTS) is 1. The normalized spacial score (nSPS) is 16.8. The van der Waals surface area contributed by atoms with Crippen LogP contribution in [-0.4, -0.2) is 28.1 Å². The van der Waals surface area contributed by atoms with Gasteiger partial charge in [-0.25, -0.2) is 0 Å². The van der Waals surface area contributed by atoms with Crippen LogP contribution >= 0.6 is 0 Å². The molecule has 1 aliphatic rings. The van der Waals surface area contributed by atoms with Crippen molar-refractivity contribution in [1.29, 1.82) is 0 Å². The minimum absolute atomic E-state index is 0.380. The highest BCUT2D eigenvalue weighted by atomic mass is 16.4. The Kier molecular flexibility index (Phi) is 3.87. The number of hydrogen-bond acceptors (Lipinski definition) is 3. The van der Waals surface area contributed by atoms with Crippen LogP contribution in [-0.2, 0) is 11.3 Å². The van der Waals surface area contributed by atoms with Crippen LogP contribution in [0, 0.1) is 0 Å². The van der Waals surface area contributed by atoms with Gasteiger partial charge < -0.3 is 10.8 Å². The van der Waals surface area contributed by atoms with Crippen LogP contribution in [0.3, 0.4) is 0 Å². The first-order chi connectivity index (χ1) is 8.61. The maximum atomic E-state index is 11.3. The number of carbonyl (C=O) groups is 1. The Bertz CT molecular complexity index is 412. The second-order valence-corrected chi connectivity index (χ2v) is 4.91. The summed E-state index contributed by atoms with van der Waals surface area (Å²) in [4.78, 5) is 13.4. The van der Waals surface area contributed by atoms with Gasteiger partial charge in [0.05, 0.1) is 0 Å². The molecule has 0 spiro atoms. The molecule has 0 amide bonds. The summed E-state index contributed by atoms with van der Waals surface area (Å²) < 4.78 is 0. The van der Waals surface area contributed by atoms with Crippen LogP contribution in [0.25, 0.3) is 0 Å². The average molecular weight is 248 g/mol. The highest BCUT2D eigenvalue weighted by Gasteiger charge is 2.36. The van der Waals surface area contributed by atoms with E-state index in [1.54, 1.807) is 0 Å². The van der Waals surface area contributed by atoms with Gasteiger partial charge in [0, 0.05) is 18.3 Å². The maximum Gasteiger partial charge on any atom is 0.320 e. The lowest BCUT2D eigenvalue weighted by Gasteiger charge is -2.28. The average Bonchev–Trinajstić information content (AvgIpc) is 3.15. The third-order valence-corrected chi connectivity index (χ3v) is 3.43. The molecule has 1 unspecified atom stereocenters. The summed E-state index contributed by atoms with van der Waals surface area (Å²) in [6.07, 6.45) is 2.86. The van der Waals surface area contributed by atoms with Crippen molar-refractivity contribution in [1.82, 2.24) is 4.90 Å². The Labute approximate surface area is 107 Å². The lowest BCUT2D eigenvalue weighted by atomic mass is 10.1. The zero-order chi connectivity index (χ0) is 13.1. The fourth-order valence-electron chi connectivity index (χ4n) is 2.28. The molecule has 0 aliphatic heterocycles. The molecular formula is C14H20N2O2. The number of hydrogen-bond donors (Lipinski definition) is 2. The van der Waals surface area contributed by atoms with E-state index in [1.165, 1.54) is 0 Å². The number of carboxylic acids is 1. The third-order valence-electron chi connectivity index (χ3n) is 3.43. The number of nitrogens with zero attached hydrogens (tertiary/aromatic N) is 1. The molecule has 0 aromatic heterocycles. The number of aliphatic carboxylic acids is 1. The molecule has 1 atom stereocenters. The van der Waals surface area contributed by atoms with Crippen molar-refractivity contribution >= 4 is 11.7 Å². The first kappa shape index (κ1) is 12.9. The third kappa shape index (κ3) is 3.01. The van der Waals surface area contributed by atoms with E-state index in [1.807, 2.05) is 31.2 Å². The molecule has 18 heavy (non-hydrogen) atoms. The first-order valence-corrected chi connectivity index (χ1v) is 6.44. The van der Waals surface area contributed by atoms with E-state index in [0.717, 1.165) is 24.1 Å². The second kappa shape index (κ2) is 5.40. The predicted molar refractivity (Wildman–Crippen MR) is 71.1 cm³/mol. The molecule has 4 nitrogen and oxygen atoms in total. The maximum absolute atomic E-state index is 11.3. The molecule has 1 aromatic rings. The molecule has 3 N–H and O–H groups in total. The Balaban J connectivity index is 2.10. The summed E-state index contributed by atoms with van der Waals surface area (Å²) in [5, 5.41) is 9.28. The number of anilines is 1. The van der Waals surface area contributed by atoms with Gasteiger partial charge in [0.1, 0.15) is 6.04 Å². The zero-order valence-electron chi connectivity index (χ0n) is 10.7. The molecule has 1 aliphatic carbocycles. The summed E-state index contributed by atoms with van der Waals surface area (Å²) in [6.45, 7) is 2.62. The van der Waals surface area contributed by atoms with Crippen LogP contribution in [0.15, 0.2) is 24.3 Å². The van der Waals surface area contributed by atoms with E-state index in [9.17, 15) is 9.90 Å². The number of benzene rings is 1. The van der Waals surface area contributed by atoms with E-state index in [2.05, 4.69) is 4.90 Å². The van der Waals surface area contributed by atoms with E-state index >= 15 is 0 Å². The highest BCUT2D eigenvalue weighted by molar-refractivity contribution is 5.73. The van der Waals surface area contributed by atoms with E-state index in [4.69, 9.17) is 5.73 Å². The Morgan fingerprint density at radius 2 is 2.06 bits per heavy atom. The fraction of sp³-hybridized carbons (Fsp3) is 0.500. The van der Waals surface area contributed by atoms with Crippen molar-refractivity contribution in [2.24, 2.45) is 0 Å².